The fraction of sp³-hybridized carbons (Fsp3) is 0. The molecule has 0 spiro atoms. The number of fused-ring (bicyclic) bond motifs is 7. The molecule has 0 saturated heterocycles. The van der Waals surface area contributed by atoms with E-state index in [9.17, 15) is 0 Å². The van der Waals surface area contributed by atoms with E-state index >= 15 is 0 Å². The highest BCUT2D eigenvalue weighted by Gasteiger charge is 2.18. The smallest absolute Gasteiger partial charge is 0.0702 e. The van der Waals surface area contributed by atoms with Crippen molar-refractivity contribution in [3.63, 3.8) is 0 Å². The highest BCUT2D eigenvalue weighted by atomic mass is 32.1. The van der Waals surface area contributed by atoms with Gasteiger partial charge in [0.25, 0.3) is 0 Å². The quantitative estimate of drug-likeness (QED) is 0.272. The van der Waals surface area contributed by atoms with Crippen LogP contribution in [0.1, 0.15) is 0 Å². The predicted molar refractivity (Wildman–Crippen MR) is 137 cm³/mol. The molecular weight excluding hydrogens is 408 g/mol. The van der Waals surface area contributed by atoms with Crippen LogP contribution in [-0.2, 0) is 0 Å². The van der Waals surface area contributed by atoms with Crippen LogP contribution < -0.4 is 0 Å². The summed E-state index contributed by atoms with van der Waals surface area (Å²) in [7, 11) is 0. The second kappa shape index (κ2) is 6.78. The molecule has 0 amide bonds. The maximum absolute atomic E-state index is 4.57. The van der Waals surface area contributed by atoms with Crippen molar-refractivity contribution in [2.45, 2.75) is 0 Å². The van der Waals surface area contributed by atoms with Gasteiger partial charge in [-0.1, -0.05) is 60.7 Å². The van der Waals surface area contributed by atoms with E-state index in [1.165, 1.54) is 42.0 Å². The van der Waals surface area contributed by atoms with Crippen molar-refractivity contribution in [2.75, 3.05) is 0 Å². The average Bonchev–Trinajstić information content (AvgIpc) is 3.40. The van der Waals surface area contributed by atoms with E-state index in [0.717, 1.165) is 16.9 Å². The fourth-order valence-electron chi connectivity index (χ4n) is 4.87. The minimum atomic E-state index is 0.987. The van der Waals surface area contributed by atoms with Crippen LogP contribution in [0, 0.1) is 0 Å². The maximum Gasteiger partial charge on any atom is 0.0702 e. The summed E-state index contributed by atoms with van der Waals surface area (Å²) >= 11 is 1.87. The molecule has 3 heteroatoms. The Balaban J connectivity index is 1.65. The molecule has 150 valence electrons. The summed E-state index contributed by atoms with van der Waals surface area (Å²) in [6, 6.07) is 36.8. The van der Waals surface area contributed by atoms with Gasteiger partial charge in [-0.3, -0.25) is 4.98 Å². The van der Waals surface area contributed by atoms with Crippen LogP contribution in [0.4, 0.5) is 0 Å². The summed E-state index contributed by atoms with van der Waals surface area (Å²) in [6.07, 6.45) is 1.85. The molecule has 0 aliphatic rings. The SMILES string of the molecule is c1ccc(-c2cccc(-n3c4ccccc4c4ccc5sc6ccccc6c5c43)c2)nc1. The number of benzene rings is 4. The first kappa shape index (κ1) is 17.7. The highest BCUT2D eigenvalue weighted by molar-refractivity contribution is 7.26. The number of thiophene rings is 1. The Morgan fingerprint density at radius 2 is 1.47 bits per heavy atom. The Morgan fingerprint density at radius 1 is 0.625 bits per heavy atom. The largest absolute Gasteiger partial charge is 0.309 e. The van der Waals surface area contributed by atoms with Gasteiger partial charge in [-0.05, 0) is 42.5 Å². The molecule has 3 aromatic heterocycles. The molecule has 0 radical (unpaired) electrons. The summed E-state index contributed by atoms with van der Waals surface area (Å²) in [6.45, 7) is 0. The molecule has 0 aliphatic heterocycles. The summed E-state index contributed by atoms with van der Waals surface area (Å²) in [5, 5.41) is 5.23. The van der Waals surface area contributed by atoms with Crippen LogP contribution in [0.3, 0.4) is 0 Å². The van der Waals surface area contributed by atoms with E-state index in [0.29, 0.717) is 0 Å². The van der Waals surface area contributed by atoms with Crippen molar-refractivity contribution < 1.29 is 0 Å². The van der Waals surface area contributed by atoms with Crippen LogP contribution in [0.25, 0.3) is 58.9 Å². The van der Waals surface area contributed by atoms with Crippen molar-refractivity contribution in [3.8, 4) is 16.9 Å². The first-order valence-corrected chi connectivity index (χ1v) is 11.6. The zero-order valence-electron chi connectivity index (χ0n) is 17.2. The van der Waals surface area contributed by atoms with Gasteiger partial charge in [-0.15, -0.1) is 11.3 Å². The van der Waals surface area contributed by atoms with Crippen molar-refractivity contribution in [2.24, 2.45) is 0 Å². The van der Waals surface area contributed by atoms with E-state index in [1.54, 1.807) is 0 Å². The average molecular weight is 427 g/mol. The molecule has 0 fully saturated rings. The van der Waals surface area contributed by atoms with Crippen LogP contribution in [0.15, 0.2) is 109 Å². The van der Waals surface area contributed by atoms with Gasteiger partial charge in [0.15, 0.2) is 0 Å². The van der Waals surface area contributed by atoms with Gasteiger partial charge in [0.2, 0.25) is 0 Å². The molecule has 0 saturated carbocycles. The van der Waals surface area contributed by atoms with E-state index < -0.39 is 0 Å². The number of hydrogen-bond donors (Lipinski definition) is 0. The molecule has 0 bridgehead atoms. The standard InChI is InChI=1S/C29H18N2S/c1-3-13-25-21(10-1)22-15-16-27-28(23-11-2-4-14-26(23)32-27)29(22)31(25)20-9-7-8-19(18-20)24-12-5-6-17-30-24/h1-18H. The number of hydrogen-bond acceptors (Lipinski definition) is 2. The highest BCUT2D eigenvalue weighted by Crippen LogP contribution is 2.43. The van der Waals surface area contributed by atoms with Gasteiger partial charge < -0.3 is 4.57 Å². The van der Waals surface area contributed by atoms with E-state index in [-0.39, 0.29) is 0 Å². The third kappa shape index (κ3) is 2.49. The van der Waals surface area contributed by atoms with Gasteiger partial charge in [-0.2, -0.15) is 0 Å². The maximum atomic E-state index is 4.57. The van der Waals surface area contributed by atoms with Gasteiger partial charge in [0.05, 0.1) is 16.7 Å². The fourth-order valence-corrected chi connectivity index (χ4v) is 5.98. The molecule has 0 atom stereocenters. The van der Waals surface area contributed by atoms with Gasteiger partial charge in [-0.25, -0.2) is 0 Å². The van der Waals surface area contributed by atoms with E-state index in [2.05, 4.69) is 101 Å². The van der Waals surface area contributed by atoms with Crippen LogP contribution in [-0.4, -0.2) is 9.55 Å². The normalized spacial score (nSPS) is 11.8. The van der Waals surface area contributed by atoms with Gasteiger partial charge in [0.1, 0.15) is 0 Å². The van der Waals surface area contributed by atoms with Crippen LogP contribution >= 0.6 is 11.3 Å². The topological polar surface area (TPSA) is 17.8 Å². The summed E-state index contributed by atoms with van der Waals surface area (Å²) in [5.74, 6) is 0. The van der Waals surface area contributed by atoms with Gasteiger partial charge >= 0.3 is 0 Å². The lowest BCUT2D eigenvalue weighted by Gasteiger charge is -2.11. The molecule has 7 rings (SSSR count). The van der Waals surface area contributed by atoms with Crippen molar-refractivity contribution in [3.05, 3.63) is 109 Å². The summed E-state index contributed by atoms with van der Waals surface area (Å²) in [4.78, 5) is 4.57. The van der Waals surface area contributed by atoms with Crippen LogP contribution in [0.5, 0.6) is 0 Å². The number of rotatable bonds is 2. The Kier molecular flexibility index (Phi) is 3.75. The Labute approximate surface area is 189 Å². The second-order valence-corrected chi connectivity index (χ2v) is 9.13. The molecule has 0 unspecified atom stereocenters. The molecule has 2 nitrogen and oxygen atoms in total. The Hall–Kier alpha value is -3.95. The van der Waals surface area contributed by atoms with E-state index in [4.69, 9.17) is 0 Å². The zero-order valence-corrected chi connectivity index (χ0v) is 18.0. The molecule has 3 heterocycles. The number of nitrogens with zero attached hydrogens (tertiary/aromatic N) is 2. The minimum absolute atomic E-state index is 0.987. The molecular formula is C29H18N2S. The molecule has 7 aromatic rings. The van der Waals surface area contributed by atoms with Crippen molar-refractivity contribution in [1.82, 2.24) is 9.55 Å². The minimum Gasteiger partial charge on any atom is -0.309 e. The van der Waals surface area contributed by atoms with Crippen LogP contribution in [0.2, 0.25) is 0 Å². The lowest BCUT2D eigenvalue weighted by atomic mass is 10.1. The van der Waals surface area contributed by atoms with Gasteiger partial charge in [0, 0.05) is 48.4 Å². The first-order valence-electron chi connectivity index (χ1n) is 10.7. The van der Waals surface area contributed by atoms with E-state index in [1.807, 2.05) is 29.7 Å². The third-order valence-corrected chi connectivity index (χ3v) is 7.38. The number of para-hydroxylation sites is 1. The molecule has 4 aromatic carbocycles. The number of pyridine rings is 1. The first-order chi connectivity index (χ1) is 15.9. The summed E-state index contributed by atoms with van der Waals surface area (Å²) < 4.78 is 5.08. The lowest BCUT2D eigenvalue weighted by Crippen LogP contribution is -1.95. The molecule has 32 heavy (non-hydrogen) atoms. The zero-order chi connectivity index (χ0) is 21.1. The second-order valence-electron chi connectivity index (χ2n) is 8.05. The molecule has 0 N–H and O–H groups in total. The number of aromatic nitrogens is 2. The van der Waals surface area contributed by atoms with Crippen molar-refractivity contribution >= 4 is 53.3 Å². The van der Waals surface area contributed by atoms with Crippen molar-refractivity contribution in [1.29, 1.82) is 0 Å². The summed E-state index contributed by atoms with van der Waals surface area (Å²) in [5.41, 5.74) is 5.77. The monoisotopic (exact) mass is 426 g/mol. The third-order valence-electron chi connectivity index (χ3n) is 6.24. The molecule has 0 aliphatic carbocycles. The lowest BCUT2D eigenvalue weighted by molar-refractivity contribution is 1.18. The predicted octanol–water partition coefficient (Wildman–Crippen LogP) is 8.21. The Morgan fingerprint density at radius 3 is 2.38 bits per heavy atom. The Bertz CT molecular complexity index is 1770.